The lowest BCUT2D eigenvalue weighted by Gasteiger charge is -2.45. The summed E-state index contributed by atoms with van der Waals surface area (Å²) in [6.07, 6.45) is 2.08. The molecule has 6 nitrogen and oxygen atoms in total. The van der Waals surface area contributed by atoms with Gasteiger partial charge in [0.05, 0.1) is 25.4 Å². The fraction of sp³-hybridized carbons (Fsp3) is 0.435. The van der Waals surface area contributed by atoms with Crippen molar-refractivity contribution in [1.82, 2.24) is 9.80 Å². The number of amides is 2. The van der Waals surface area contributed by atoms with Crippen LogP contribution in [0.1, 0.15) is 12.0 Å². The minimum Gasteiger partial charge on any atom is -0.493 e. The van der Waals surface area contributed by atoms with Crippen LogP contribution >= 0.6 is 0 Å². The van der Waals surface area contributed by atoms with E-state index in [1.54, 1.807) is 0 Å². The van der Waals surface area contributed by atoms with Crippen LogP contribution in [0.4, 0.5) is 10.5 Å². The Labute approximate surface area is 171 Å². The molecule has 0 aliphatic carbocycles. The van der Waals surface area contributed by atoms with E-state index in [9.17, 15) is 4.79 Å². The topological polar surface area (TPSA) is 54.0 Å². The molecule has 2 aromatic rings. The number of carbonyl (C=O) groups excluding carboxylic acids is 1. The van der Waals surface area contributed by atoms with Gasteiger partial charge in [-0.05, 0) is 54.4 Å². The van der Waals surface area contributed by atoms with E-state index >= 15 is 0 Å². The summed E-state index contributed by atoms with van der Waals surface area (Å²) in [5, 5.41) is 3.09. The Morgan fingerprint density at radius 1 is 1.10 bits per heavy atom. The van der Waals surface area contributed by atoms with Crippen molar-refractivity contribution in [3.05, 3.63) is 48.0 Å². The van der Waals surface area contributed by atoms with Gasteiger partial charge in [0.1, 0.15) is 5.75 Å². The third-order valence-electron chi connectivity index (χ3n) is 6.29. The molecule has 5 rings (SSSR count). The number of carbonyl (C=O) groups is 1. The van der Waals surface area contributed by atoms with Crippen molar-refractivity contribution in [2.75, 3.05) is 45.2 Å². The highest BCUT2D eigenvalue weighted by Crippen LogP contribution is 2.31. The quantitative estimate of drug-likeness (QED) is 0.851. The Bertz CT molecular complexity index is 916. The lowest BCUT2D eigenvalue weighted by atomic mass is 9.99. The molecule has 152 valence electrons. The zero-order chi connectivity index (χ0) is 19.8. The van der Waals surface area contributed by atoms with Crippen molar-refractivity contribution in [3.8, 4) is 16.9 Å². The number of piperidine rings is 1. The van der Waals surface area contributed by atoms with Gasteiger partial charge >= 0.3 is 6.03 Å². The largest absolute Gasteiger partial charge is 0.493 e. The number of hydrogen-bond donors (Lipinski definition) is 1. The molecular formula is C23H27N3O3. The van der Waals surface area contributed by atoms with Crippen LogP contribution in [0.25, 0.3) is 11.1 Å². The number of nitrogens with zero attached hydrogens (tertiary/aromatic N) is 2. The normalized spacial score (nSPS) is 23.8. The van der Waals surface area contributed by atoms with Gasteiger partial charge in [0.15, 0.2) is 0 Å². The SMILES string of the molecule is CN1CCO[C@@H]2CCN(C(=O)Nc3cccc(-c4ccc5c(c4)CCO5)c3)C[C@@H]21. The Morgan fingerprint density at radius 2 is 2.00 bits per heavy atom. The molecular weight excluding hydrogens is 366 g/mol. The minimum absolute atomic E-state index is 0.0399. The first-order chi connectivity index (χ1) is 14.2. The maximum atomic E-state index is 12.9. The molecule has 3 aliphatic heterocycles. The summed E-state index contributed by atoms with van der Waals surface area (Å²) in [6, 6.07) is 14.6. The summed E-state index contributed by atoms with van der Waals surface area (Å²) in [5.74, 6) is 0.985. The average molecular weight is 393 g/mol. The van der Waals surface area contributed by atoms with E-state index in [0.717, 1.165) is 61.7 Å². The van der Waals surface area contributed by atoms with Crippen LogP contribution in [0.5, 0.6) is 5.75 Å². The number of likely N-dealkylation sites (tertiary alicyclic amines) is 1. The van der Waals surface area contributed by atoms with Gasteiger partial charge in [0.25, 0.3) is 0 Å². The number of likely N-dealkylation sites (N-methyl/N-ethyl adjacent to an activating group) is 1. The van der Waals surface area contributed by atoms with E-state index < -0.39 is 0 Å². The fourth-order valence-electron chi connectivity index (χ4n) is 4.57. The van der Waals surface area contributed by atoms with Gasteiger partial charge in [0.2, 0.25) is 0 Å². The van der Waals surface area contributed by atoms with Crippen molar-refractivity contribution < 1.29 is 14.3 Å². The molecule has 0 spiro atoms. The molecule has 0 radical (unpaired) electrons. The van der Waals surface area contributed by atoms with E-state index in [4.69, 9.17) is 9.47 Å². The van der Waals surface area contributed by atoms with Crippen LogP contribution in [-0.4, -0.2) is 67.9 Å². The van der Waals surface area contributed by atoms with Gasteiger partial charge < -0.3 is 19.7 Å². The number of nitrogens with one attached hydrogen (secondary N) is 1. The predicted molar refractivity (Wildman–Crippen MR) is 112 cm³/mol. The third-order valence-corrected chi connectivity index (χ3v) is 6.29. The number of hydrogen-bond acceptors (Lipinski definition) is 4. The Balaban J connectivity index is 1.28. The number of benzene rings is 2. The van der Waals surface area contributed by atoms with Crippen LogP contribution in [0.3, 0.4) is 0 Å². The van der Waals surface area contributed by atoms with Crippen LogP contribution in [0, 0.1) is 0 Å². The van der Waals surface area contributed by atoms with Crippen molar-refractivity contribution in [3.63, 3.8) is 0 Å². The van der Waals surface area contributed by atoms with E-state index in [1.165, 1.54) is 5.56 Å². The molecule has 2 amide bonds. The van der Waals surface area contributed by atoms with Gasteiger partial charge in [-0.25, -0.2) is 4.79 Å². The molecule has 2 saturated heterocycles. The molecule has 2 fully saturated rings. The second-order valence-corrected chi connectivity index (χ2v) is 8.12. The predicted octanol–water partition coefficient (Wildman–Crippen LogP) is 3.23. The Morgan fingerprint density at radius 3 is 2.93 bits per heavy atom. The maximum Gasteiger partial charge on any atom is 0.321 e. The zero-order valence-corrected chi connectivity index (χ0v) is 16.8. The molecule has 6 heteroatoms. The molecule has 29 heavy (non-hydrogen) atoms. The van der Waals surface area contributed by atoms with E-state index in [-0.39, 0.29) is 18.2 Å². The van der Waals surface area contributed by atoms with Crippen LogP contribution in [0.2, 0.25) is 0 Å². The van der Waals surface area contributed by atoms with Gasteiger partial charge in [-0.3, -0.25) is 4.90 Å². The second kappa shape index (κ2) is 7.69. The maximum absolute atomic E-state index is 12.9. The lowest BCUT2D eigenvalue weighted by Crippen LogP contribution is -2.60. The molecule has 3 heterocycles. The molecule has 0 aromatic heterocycles. The number of ether oxygens (including phenoxy) is 2. The molecule has 2 aromatic carbocycles. The fourth-order valence-corrected chi connectivity index (χ4v) is 4.57. The number of rotatable bonds is 2. The minimum atomic E-state index is -0.0399. The van der Waals surface area contributed by atoms with Crippen molar-refractivity contribution >= 4 is 11.7 Å². The highest BCUT2D eigenvalue weighted by molar-refractivity contribution is 5.90. The monoisotopic (exact) mass is 393 g/mol. The lowest BCUT2D eigenvalue weighted by molar-refractivity contribution is -0.0875. The molecule has 2 atom stereocenters. The molecule has 0 bridgehead atoms. The van der Waals surface area contributed by atoms with Gasteiger partial charge in [-0.2, -0.15) is 0 Å². The van der Waals surface area contributed by atoms with Gasteiger partial charge in [-0.1, -0.05) is 18.2 Å². The van der Waals surface area contributed by atoms with Crippen molar-refractivity contribution in [2.24, 2.45) is 0 Å². The molecule has 0 unspecified atom stereocenters. The number of urea groups is 1. The number of fused-ring (bicyclic) bond motifs is 2. The van der Waals surface area contributed by atoms with Crippen LogP contribution in [0.15, 0.2) is 42.5 Å². The average Bonchev–Trinajstić information content (AvgIpc) is 3.22. The van der Waals surface area contributed by atoms with E-state index in [0.29, 0.717) is 6.54 Å². The molecule has 3 aliphatic rings. The summed E-state index contributed by atoms with van der Waals surface area (Å²) < 4.78 is 11.5. The highest BCUT2D eigenvalue weighted by atomic mass is 16.5. The van der Waals surface area contributed by atoms with Gasteiger partial charge in [0, 0.05) is 31.7 Å². The number of anilines is 1. The first kappa shape index (κ1) is 18.5. The van der Waals surface area contributed by atoms with E-state index in [1.807, 2.05) is 29.2 Å². The smallest absolute Gasteiger partial charge is 0.321 e. The summed E-state index contributed by atoms with van der Waals surface area (Å²) >= 11 is 0. The highest BCUT2D eigenvalue weighted by Gasteiger charge is 2.36. The first-order valence-corrected chi connectivity index (χ1v) is 10.4. The Kier molecular flexibility index (Phi) is 4.89. The molecule has 0 saturated carbocycles. The van der Waals surface area contributed by atoms with Gasteiger partial charge in [-0.15, -0.1) is 0 Å². The zero-order valence-electron chi connectivity index (χ0n) is 16.8. The van der Waals surface area contributed by atoms with Crippen LogP contribution in [-0.2, 0) is 11.2 Å². The summed E-state index contributed by atoms with van der Waals surface area (Å²) in [5.41, 5.74) is 4.31. The summed E-state index contributed by atoms with van der Waals surface area (Å²) in [4.78, 5) is 17.1. The first-order valence-electron chi connectivity index (χ1n) is 10.4. The number of morpholine rings is 1. The summed E-state index contributed by atoms with van der Waals surface area (Å²) in [6.45, 7) is 3.89. The van der Waals surface area contributed by atoms with E-state index in [2.05, 4.69) is 35.5 Å². The third kappa shape index (κ3) is 3.70. The second-order valence-electron chi connectivity index (χ2n) is 8.12. The van der Waals surface area contributed by atoms with Crippen molar-refractivity contribution in [2.45, 2.75) is 25.0 Å². The standard InChI is InChI=1S/C23H27N3O3/c1-25-10-12-29-22-7-9-26(15-20(22)25)23(27)24-19-4-2-3-16(14-19)17-5-6-21-18(13-17)8-11-28-21/h2-6,13-14,20,22H,7-12,15H2,1H3,(H,24,27)/t20-,22+/m0/s1. The summed E-state index contributed by atoms with van der Waals surface area (Å²) in [7, 11) is 2.12. The molecule has 1 N–H and O–H groups in total. The Hall–Kier alpha value is -2.57. The van der Waals surface area contributed by atoms with Crippen LogP contribution < -0.4 is 10.1 Å². The van der Waals surface area contributed by atoms with Crippen molar-refractivity contribution in [1.29, 1.82) is 0 Å².